The van der Waals surface area contributed by atoms with Crippen LogP contribution in [0.15, 0.2) is 5.10 Å². The molecule has 1 heterocycles. The van der Waals surface area contributed by atoms with Crippen molar-refractivity contribution in [1.82, 2.24) is 5.43 Å². The van der Waals surface area contributed by atoms with E-state index in [0.29, 0.717) is 18.9 Å². The summed E-state index contributed by atoms with van der Waals surface area (Å²) in [5, 5.41) is 3.86. The van der Waals surface area contributed by atoms with Gasteiger partial charge in [-0.25, -0.2) is 4.39 Å². The zero-order valence-electron chi connectivity index (χ0n) is 9.74. The average molecular weight is 216 g/mol. The highest BCUT2D eigenvalue weighted by atomic mass is 19.1. The first-order chi connectivity index (χ1) is 7.15. The van der Waals surface area contributed by atoms with Crippen molar-refractivity contribution in [1.29, 1.82) is 0 Å². The summed E-state index contributed by atoms with van der Waals surface area (Å²) < 4.78 is 18.7. The zero-order valence-corrected chi connectivity index (χ0v) is 9.74. The smallest absolute Gasteiger partial charge is 0.192 e. The first-order valence-corrected chi connectivity index (χ1v) is 5.67. The summed E-state index contributed by atoms with van der Waals surface area (Å²) in [5.74, 6) is 0.381. The normalized spacial score (nSPS) is 24.5. The van der Waals surface area contributed by atoms with E-state index >= 15 is 0 Å². The quantitative estimate of drug-likeness (QED) is 0.765. The molecule has 0 aromatic rings. The number of ether oxygens (including phenoxy) is 1. The minimum Gasteiger partial charge on any atom is -0.480 e. The van der Waals surface area contributed by atoms with Crippen molar-refractivity contribution in [3.8, 4) is 0 Å². The van der Waals surface area contributed by atoms with Crippen molar-refractivity contribution in [2.24, 2.45) is 16.9 Å². The molecule has 4 heteroatoms. The fraction of sp³-hybridized carbons (Fsp3) is 0.909. The Hall–Kier alpha value is -0.800. The van der Waals surface area contributed by atoms with E-state index < -0.39 is 6.17 Å². The number of hydrazone groups is 1. The van der Waals surface area contributed by atoms with Gasteiger partial charge in [0.2, 0.25) is 0 Å². The molecule has 1 aliphatic heterocycles. The zero-order chi connectivity index (χ0) is 11.3. The van der Waals surface area contributed by atoms with Crippen LogP contribution < -0.4 is 5.43 Å². The van der Waals surface area contributed by atoms with Crippen LogP contribution in [0.25, 0.3) is 0 Å². The molecule has 0 aliphatic carbocycles. The van der Waals surface area contributed by atoms with Crippen molar-refractivity contribution in [2.75, 3.05) is 6.61 Å². The monoisotopic (exact) mass is 216 g/mol. The van der Waals surface area contributed by atoms with Crippen LogP contribution >= 0.6 is 0 Å². The standard InChI is InChI=1S/C11H21FN2O/c1-4-9(5-10(12)8(2)3)11-6-15-7-13-14-11/h7-11,14H,4-6H2,1-3H3. The Bertz CT molecular complexity index is 209. The Kier molecular flexibility index (Phi) is 4.85. The van der Waals surface area contributed by atoms with E-state index in [0.717, 1.165) is 6.42 Å². The Balaban J connectivity index is 2.44. The predicted octanol–water partition coefficient (Wildman–Crippen LogP) is 2.33. The third-order valence-electron chi connectivity index (χ3n) is 2.99. The number of nitrogens with zero attached hydrogens (tertiary/aromatic N) is 1. The summed E-state index contributed by atoms with van der Waals surface area (Å²) in [4.78, 5) is 0. The summed E-state index contributed by atoms with van der Waals surface area (Å²) in [6, 6.07) is 0.150. The van der Waals surface area contributed by atoms with Crippen LogP contribution in [0.3, 0.4) is 0 Å². The number of alkyl halides is 1. The summed E-state index contributed by atoms with van der Waals surface area (Å²) >= 11 is 0. The summed E-state index contributed by atoms with van der Waals surface area (Å²) in [7, 11) is 0. The third kappa shape index (κ3) is 3.68. The molecule has 1 N–H and O–H groups in total. The molecule has 0 saturated heterocycles. The van der Waals surface area contributed by atoms with Gasteiger partial charge >= 0.3 is 0 Å². The molecule has 0 spiro atoms. The van der Waals surface area contributed by atoms with Crippen molar-refractivity contribution in [3.05, 3.63) is 0 Å². The molecule has 1 aliphatic rings. The minimum absolute atomic E-state index is 0.0899. The molecule has 0 fully saturated rings. The Morgan fingerprint density at radius 1 is 1.60 bits per heavy atom. The highest BCUT2D eigenvalue weighted by Gasteiger charge is 2.26. The second kappa shape index (κ2) is 5.93. The van der Waals surface area contributed by atoms with Crippen LogP contribution in [0, 0.1) is 11.8 Å². The summed E-state index contributed by atoms with van der Waals surface area (Å²) in [6.07, 6.45) is 2.20. The largest absolute Gasteiger partial charge is 0.480 e. The summed E-state index contributed by atoms with van der Waals surface area (Å²) in [6.45, 7) is 6.51. The molecule has 3 atom stereocenters. The maximum Gasteiger partial charge on any atom is 0.192 e. The lowest BCUT2D eigenvalue weighted by Gasteiger charge is -2.29. The molecule has 1 rings (SSSR count). The second-order valence-corrected chi connectivity index (χ2v) is 4.47. The molecule has 0 radical (unpaired) electrons. The van der Waals surface area contributed by atoms with E-state index in [1.807, 2.05) is 13.8 Å². The van der Waals surface area contributed by atoms with Crippen molar-refractivity contribution < 1.29 is 9.13 Å². The minimum atomic E-state index is -0.734. The molecule has 0 saturated carbocycles. The van der Waals surface area contributed by atoms with Crippen LogP contribution in [-0.4, -0.2) is 25.2 Å². The van der Waals surface area contributed by atoms with Crippen LogP contribution in [0.2, 0.25) is 0 Å². The summed E-state index contributed by atoms with van der Waals surface area (Å²) in [5.41, 5.74) is 2.99. The lowest BCUT2D eigenvalue weighted by molar-refractivity contribution is 0.141. The number of halogens is 1. The van der Waals surface area contributed by atoms with E-state index in [1.165, 1.54) is 6.40 Å². The van der Waals surface area contributed by atoms with Crippen LogP contribution in [0.5, 0.6) is 0 Å². The molecule has 3 nitrogen and oxygen atoms in total. The third-order valence-corrected chi connectivity index (χ3v) is 2.99. The fourth-order valence-corrected chi connectivity index (χ4v) is 1.77. The lowest BCUT2D eigenvalue weighted by atomic mass is 9.89. The molecule has 0 aromatic heterocycles. The molecule has 3 unspecified atom stereocenters. The number of rotatable bonds is 5. The molecule has 15 heavy (non-hydrogen) atoms. The van der Waals surface area contributed by atoms with E-state index in [2.05, 4.69) is 17.5 Å². The van der Waals surface area contributed by atoms with Gasteiger partial charge < -0.3 is 10.2 Å². The van der Waals surface area contributed by atoms with Gasteiger partial charge in [-0.15, -0.1) is 5.10 Å². The lowest BCUT2D eigenvalue weighted by Crippen LogP contribution is -2.41. The van der Waals surface area contributed by atoms with Gasteiger partial charge in [0.1, 0.15) is 12.8 Å². The van der Waals surface area contributed by atoms with Crippen LogP contribution in [-0.2, 0) is 4.74 Å². The van der Waals surface area contributed by atoms with Gasteiger partial charge in [-0.2, -0.15) is 0 Å². The molecule has 0 amide bonds. The van der Waals surface area contributed by atoms with E-state index in [9.17, 15) is 4.39 Å². The number of nitrogens with one attached hydrogen (secondary N) is 1. The highest BCUT2D eigenvalue weighted by Crippen LogP contribution is 2.22. The molecule has 0 aromatic carbocycles. The van der Waals surface area contributed by atoms with Gasteiger partial charge in [-0.05, 0) is 18.3 Å². The van der Waals surface area contributed by atoms with E-state index in [-0.39, 0.29) is 12.0 Å². The predicted molar refractivity (Wildman–Crippen MR) is 59.5 cm³/mol. The van der Waals surface area contributed by atoms with E-state index in [4.69, 9.17) is 4.74 Å². The number of hydrogen-bond donors (Lipinski definition) is 1. The van der Waals surface area contributed by atoms with Gasteiger partial charge in [-0.1, -0.05) is 27.2 Å². The maximum atomic E-state index is 13.6. The van der Waals surface area contributed by atoms with Crippen molar-refractivity contribution >= 4 is 6.40 Å². The van der Waals surface area contributed by atoms with Crippen molar-refractivity contribution in [3.63, 3.8) is 0 Å². The Morgan fingerprint density at radius 3 is 2.80 bits per heavy atom. The van der Waals surface area contributed by atoms with Gasteiger partial charge in [0.15, 0.2) is 6.40 Å². The highest BCUT2D eigenvalue weighted by molar-refractivity contribution is 5.46. The fourth-order valence-electron chi connectivity index (χ4n) is 1.77. The molecular weight excluding hydrogens is 195 g/mol. The first kappa shape index (κ1) is 12.3. The maximum absolute atomic E-state index is 13.6. The van der Waals surface area contributed by atoms with E-state index in [1.54, 1.807) is 0 Å². The molecule has 0 bridgehead atoms. The van der Waals surface area contributed by atoms with Gasteiger partial charge in [0, 0.05) is 0 Å². The van der Waals surface area contributed by atoms with Gasteiger partial charge in [0.25, 0.3) is 0 Å². The van der Waals surface area contributed by atoms with Gasteiger partial charge in [-0.3, -0.25) is 0 Å². The van der Waals surface area contributed by atoms with Crippen LogP contribution in [0.1, 0.15) is 33.6 Å². The Morgan fingerprint density at radius 2 is 2.33 bits per heavy atom. The second-order valence-electron chi connectivity index (χ2n) is 4.47. The number of hydrogen-bond acceptors (Lipinski definition) is 3. The first-order valence-electron chi connectivity index (χ1n) is 5.67. The van der Waals surface area contributed by atoms with Gasteiger partial charge in [0.05, 0.1) is 6.04 Å². The molecule has 88 valence electrons. The molecular formula is C11H21FN2O. The topological polar surface area (TPSA) is 33.6 Å². The van der Waals surface area contributed by atoms with Crippen LogP contribution in [0.4, 0.5) is 4.39 Å². The SMILES string of the molecule is CCC(CC(F)C(C)C)C1COC=NN1. The van der Waals surface area contributed by atoms with Crippen molar-refractivity contribution in [2.45, 2.75) is 45.8 Å². The average Bonchev–Trinajstić information content (AvgIpc) is 2.26. The Labute approximate surface area is 91.1 Å².